The van der Waals surface area contributed by atoms with E-state index in [9.17, 15) is 4.39 Å². The Morgan fingerprint density at radius 2 is 1.86 bits per heavy atom. The number of rotatable bonds is 6. The lowest BCUT2D eigenvalue weighted by Gasteiger charge is -2.24. The van der Waals surface area contributed by atoms with E-state index < -0.39 is 0 Å². The smallest absolute Gasteiger partial charge is 0.191 e. The molecule has 0 aliphatic rings. The minimum Gasteiger partial charge on any atom is -0.377 e. The van der Waals surface area contributed by atoms with Crippen LogP contribution >= 0.6 is 24.0 Å². The van der Waals surface area contributed by atoms with Gasteiger partial charge in [0.2, 0.25) is 0 Å². The van der Waals surface area contributed by atoms with Crippen LogP contribution in [-0.4, -0.2) is 38.8 Å². The molecule has 1 aromatic rings. The minimum atomic E-state index is -0.241. The van der Waals surface area contributed by atoms with Gasteiger partial charge in [0.1, 0.15) is 5.82 Å². The molecule has 0 unspecified atom stereocenters. The second kappa shape index (κ2) is 9.94. The topological polar surface area (TPSA) is 45.7 Å². The zero-order chi connectivity index (χ0) is 15.0. The van der Waals surface area contributed by atoms with Crippen LogP contribution in [0.3, 0.4) is 0 Å². The maximum atomic E-state index is 12.8. The number of methoxy groups -OCH3 is 1. The van der Waals surface area contributed by atoms with Crippen molar-refractivity contribution in [2.24, 2.45) is 4.99 Å². The van der Waals surface area contributed by atoms with Crippen molar-refractivity contribution in [2.75, 3.05) is 27.2 Å². The van der Waals surface area contributed by atoms with E-state index in [0.717, 1.165) is 24.5 Å². The second-order valence-electron chi connectivity index (χ2n) is 5.19. The van der Waals surface area contributed by atoms with Gasteiger partial charge in [0, 0.05) is 27.2 Å². The number of ether oxygens (including phenoxy) is 1. The van der Waals surface area contributed by atoms with Gasteiger partial charge in [-0.2, -0.15) is 0 Å². The molecular formula is C15H25FIN3O. The molecule has 0 saturated heterocycles. The molecule has 0 fully saturated rings. The monoisotopic (exact) mass is 409 g/mol. The van der Waals surface area contributed by atoms with Crippen LogP contribution in [0.15, 0.2) is 29.3 Å². The van der Waals surface area contributed by atoms with Gasteiger partial charge < -0.3 is 15.4 Å². The lowest BCUT2D eigenvalue weighted by molar-refractivity contribution is 0.0268. The fourth-order valence-electron chi connectivity index (χ4n) is 1.57. The first-order valence-corrected chi connectivity index (χ1v) is 6.71. The Balaban J connectivity index is 0.00000400. The fraction of sp³-hybridized carbons (Fsp3) is 0.533. The summed E-state index contributed by atoms with van der Waals surface area (Å²) in [5, 5.41) is 6.43. The Morgan fingerprint density at radius 3 is 2.38 bits per heavy atom. The number of hydrogen-bond donors (Lipinski definition) is 2. The van der Waals surface area contributed by atoms with Gasteiger partial charge in [-0.25, -0.2) is 4.39 Å². The number of hydrogen-bond acceptors (Lipinski definition) is 2. The lowest BCUT2D eigenvalue weighted by atomic mass is 10.1. The van der Waals surface area contributed by atoms with Gasteiger partial charge in [-0.3, -0.25) is 4.99 Å². The molecule has 2 N–H and O–H groups in total. The fourth-order valence-corrected chi connectivity index (χ4v) is 1.57. The summed E-state index contributed by atoms with van der Waals surface area (Å²) < 4.78 is 18.1. The lowest BCUT2D eigenvalue weighted by Crippen LogP contribution is -2.45. The molecule has 0 aromatic heterocycles. The third-order valence-corrected chi connectivity index (χ3v) is 3.08. The van der Waals surface area contributed by atoms with E-state index >= 15 is 0 Å². The third kappa shape index (κ3) is 8.21. The summed E-state index contributed by atoms with van der Waals surface area (Å²) in [7, 11) is 3.42. The molecule has 4 nitrogen and oxygen atoms in total. The molecule has 6 heteroatoms. The standard InChI is InChI=1S/C15H24FN3O.HI/c1-15(2,20-4)11-19-14(17-3)18-10-9-12-5-7-13(16)8-6-12;/h5-8H,9-11H2,1-4H3,(H2,17,18,19);1H. The van der Waals surface area contributed by atoms with Crippen LogP contribution in [0.2, 0.25) is 0 Å². The van der Waals surface area contributed by atoms with Crippen molar-refractivity contribution in [1.82, 2.24) is 10.6 Å². The van der Waals surface area contributed by atoms with E-state index in [0.29, 0.717) is 6.54 Å². The van der Waals surface area contributed by atoms with Gasteiger partial charge in [0.05, 0.1) is 5.60 Å². The Bertz CT molecular complexity index is 435. The van der Waals surface area contributed by atoms with Crippen LogP contribution in [0, 0.1) is 5.82 Å². The highest BCUT2D eigenvalue weighted by atomic mass is 127. The molecule has 0 amide bonds. The van der Waals surface area contributed by atoms with Crippen molar-refractivity contribution in [3.8, 4) is 0 Å². The summed E-state index contributed by atoms with van der Waals surface area (Å²) in [6.45, 7) is 5.41. The molecule has 0 spiro atoms. The zero-order valence-corrected chi connectivity index (χ0v) is 15.4. The maximum Gasteiger partial charge on any atom is 0.191 e. The molecule has 0 atom stereocenters. The van der Waals surface area contributed by atoms with Crippen LogP contribution in [0.1, 0.15) is 19.4 Å². The highest BCUT2D eigenvalue weighted by Crippen LogP contribution is 2.04. The van der Waals surface area contributed by atoms with E-state index in [1.165, 1.54) is 12.1 Å². The van der Waals surface area contributed by atoms with E-state index in [4.69, 9.17) is 4.74 Å². The van der Waals surface area contributed by atoms with Crippen LogP contribution in [0.5, 0.6) is 0 Å². The largest absolute Gasteiger partial charge is 0.377 e. The number of guanidine groups is 1. The van der Waals surface area contributed by atoms with Crippen LogP contribution in [0.25, 0.3) is 0 Å². The summed E-state index contributed by atoms with van der Waals surface area (Å²) >= 11 is 0. The molecule has 0 aliphatic heterocycles. The minimum absolute atomic E-state index is 0. The van der Waals surface area contributed by atoms with Gasteiger partial charge >= 0.3 is 0 Å². The van der Waals surface area contributed by atoms with Gasteiger partial charge in [-0.05, 0) is 38.0 Å². The molecule has 21 heavy (non-hydrogen) atoms. The van der Waals surface area contributed by atoms with Crippen LogP contribution in [0.4, 0.5) is 4.39 Å². The summed E-state index contributed by atoms with van der Waals surface area (Å²) in [6.07, 6.45) is 0.814. The molecule has 0 heterocycles. The molecule has 120 valence electrons. The van der Waals surface area contributed by atoms with Crippen molar-refractivity contribution >= 4 is 29.9 Å². The first kappa shape index (κ1) is 20.1. The van der Waals surface area contributed by atoms with Gasteiger partial charge in [0.15, 0.2) is 5.96 Å². The summed E-state index contributed by atoms with van der Waals surface area (Å²) in [5.74, 6) is 0.526. The van der Waals surface area contributed by atoms with E-state index in [1.807, 2.05) is 13.8 Å². The first-order chi connectivity index (χ1) is 9.46. The summed E-state index contributed by atoms with van der Waals surface area (Å²) in [5.41, 5.74) is 0.848. The van der Waals surface area contributed by atoms with Crippen LogP contribution in [-0.2, 0) is 11.2 Å². The van der Waals surface area contributed by atoms with E-state index in [1.54, 1.807) is 26.3 Å². The molecule has 0 aliphatic carbocycles. The van der Waals surface area contributed by atoms with Crippen molar-refractivity contribution in [3.63, 3.8) is 0 Å². The zero-order valence-electron chi connectivity index (χ0n) is 13.1. The average molecular weight is 409 g/mol. The van der Waals surface area contributed by atoms with E-state index in [-0.39, 0.29) is 35.4 Å². The SMILES string of the molecule is CN=C(NCCc1ccc(F)cc1)NCC(C)(C)OC.I. The molecule has 0 saturated carbocycles. The third-order valence-electron chi connectivity index (χ3n) is 3.08. The van der Waals surface area contributed by atoms with Crippen LogP contribution < -0.4 is 10.6 Å². The Hall–Kier alpha value is -0.890. The summed E-state index contributed by atoms with van der Waals surface area (Å²) in [4.78, 5) is 4.15. The van der Waals surface area contributed by atoms with Gasteiger partial charge in [0.25, 0.3) is 0 Å². The highest BCUT2D eigenvalue weighted by Gasteiger charge is 2.16. The van der Waals surface area contributed by atoms with Crippen molar-refractivity contribution in [2.45, 2.75) is 25.9 Å². The molecule has 0 radical (unpaired) electrons. The number of nitrogens with one attached hydrogen (secondary N) is 2. The van der Waals surface area contributed by atoms with Gasteiger partial charge in [-0.15, -0.1) is 24.0 Å². The highest BCUT2D eigenvalue weighted by molar-refractivity contribution is 14.0. The quantitative estimate of drug-likeness (QED) is 0.432. The number of benzene rings is 1. The van der Waals surface area contributed by atoms with Crippen molar-refractivity contribution in [3.05, 3.63) is 35.6 Å². The normalized spacial score (nSPS) is 11.8. The Labute approximate surface area is 143 Å². The predicted octanol–water partition coefficient (Wildman–Crippen LogP) is 2.58. The Kier molecular flexibility index (Phi) is 9.52. The molecule has 0 bridgehead atoms. The maximum absolute atomic E-state index is 12.8. The Morgan fingerprint density at radius 1 is 1.24 bits per heavy atom. The van der Waals surface area contributed by atoms with Crippen molar-refractivity contribution in [1.29, 1.82) is 0 Å². The average Bonchev–Trinajstić information content (AvgIpc) is 2.44. The number of nitrogens with zero attached hydrogens (tertiary/aromatic N) is 1. The number of aliphatic imine (C=N–C) groups is 1. The second-order valence-corrected chi connectivity index (χ2v) is 5.19. The summed E-state index contributed by atoms with van der Waals surface area (Å²) in [6, 6.07) is 6.54. The van der Waals surface area contributed by atoms with Gasteiger partial charge in [-0.1, -0.05) is 12.1 Å². The molecule has 1 rings (SSSR count). The van der Waals surface area contributed by atoms with Crippen molar-refractivity contribution < 1.29 is 9.13 Å². The predicted molar refractivity (Wildman–Crippen MR) is 96.0 cm³/mol. The van der Waals surface area contributed by atoms with E-state index in [2.05, 4.69) is 15.6 Å². The molecule has 1 aromatic carbocycles. The number of halogens is 2. The molecular weight excluding hydrogens is 384 g/mol. The first-order valence-electron chi connectivity index (χ1n) is 6.71.